The van der Waals surface area contributed by atoms with Crippen LogP contribution < -0.4 is 16.6 Å². The third-order valence-corrected chi connectivity index (χ3v) is 4.43. The van der Waals surface area contributed by atoms with Gasteiger partial charge in [0.25, 0.3) is 5.91 Å². The number of carbonyl (C=O) groups excluding carboxylic acids is 1. The first-order valence-corrected chi connectivity index (χ1v) is 8.65. The molecule has 0 fully saturated rings. The average molecular weight is 364 g/mol. The fourth-order valence-electron chi connectivity index (χ4n) is 2.31. The van der Waals surface area contributed by atoms with Crippen LogP contribution in [-0.4, -0.2) is 20.3 Å². The average Bonchev–Trinajstić information content (AvgIpc) is 2.52. The van der Waals surface area contributed by atoms with Gasteiger partial charge in [0.05, 0.1) is 4.90 Å². The Balaban J connectivity index is 2.79. The molecule has 2 rings (SSSR count). The summed E-state index contributed by atoms with van der Waals surface area (Å²) in [4.78, 5) is 15.1. The second-order valence-corrected chi connectivity index (χ2v) is 6.92. The van der Waals surface area contributed by atoms with Crippen molar-refractivity contribution in [2.24, 2.45) is 21.6 Å². The number of sulfonamides is 1. The fourth-order valence-corrected chi connectivity index (χ4v) is 3.07. The number of nitrogens with zero attached hydrogens (tertiary/aromatic N) is 1. The standard InChI is InChI=1S/C16H17FN4O3S/c1-9-2-4-10(5-3-9)12-6-11(8-17)13(15(22)21-16(18)19)7-14(12)25(20,23)24/h2-7H,8H2,1H3,(H2,20,23,24)(H4,18,19,21,22). The maximum atomic E-state index is 13.4. The highest BCUT2D eigenvalue weighted by atomic mass is 32.2. The van der Waals surface area contributed by atoms with E-state index in [1.807, 2.05) is 6.92 Å². The van der Waals surface area contributed by atoms with Crippen LogP contribution in [0.1, 0.15) is 21.5 Å². The molecule has 0 bridgehead atoms. The van der Waals surface area contributed by atoms with Crippen LogP contribution in [0.5, 0.6) is 0 Å². The lowest BCUT2D eigenvalue weighted by molar-refractivity contribution is 0.100. The van der Waals surface area contributed by atoms with Crippen molar-refractivity contribution in [1.82, 2.24) is 0 Å². The number of amides is 1. The Morgan fingerprint density at radius 1 is 1.16 bits per heavy atom. The van der Waals surface area contributed by atoms with Crippen molar-refractivity contribution in [2.75, 3.05) is 0 Å². The van der Waals surface area contributed by atoms with Crippen LogP contribution in [0.25, 0.3) is 11.1 Å². The molecule has 0 aliphatic heterocycles. The Morgan fingerprint density at radius 3 is 2.24 bits per heavy atom. The zero-order valence-electron chi connectivity index (χ0n) is 13.4. The van der Waals surface area contributed by atoms with E-state index in [4.69, 9.17) is 16.6 Å². The predicted molar refractivity (Wildman–Crippen MR) is 92.9 cm³/mol. The third kappa shape index (κ3) is 4.20. The summed E-state index contributed by atoms with van der Waals surface area (Å²) in [7, 11) is -4.19. The molecule has 9 heteroatoms. The van der Waals surface area contributed by atoms with E-state index in [1.165, 1.54) is 6.07 Å². The van der Waals surface area contributed by atoms with Crippen LogP contribution in [0.2, 0.25) is 0 Å². The number of rotatable bonds is 4. The molecule has 2 aromatic carbocycles. The molecule has 0 radical (unpaired) electrons. The topological polar surface area (TPSA) is 142 Å². The monoisotopic (exact) mass is 364 g/mol. The van der Waals surface area contributed by atoms with E-state index in [9.17, 15) is 17.6 Å². The Bertz CT molecular complexity index is 950. The van der Waals surface area contributed by atoms with E-state index in [2.05, 4.69) is 4.99 Å². The van der Waals surface area contributed by atoms with Gasteiger partial charge in [-0.1, -0.05) is 29.8 Å². The summed E-state index contributed by atoms with van der Waals surface area (Å²) in [5.74, 6) is -1.47. The number of hydrogen-bond acceptors (Lipinski definition) is 3. The van der Waals surface area contributed by atoms with Gasteiger partial charge in [-0.3, -0.25) is 4.79 Å². The van der Waals surface area contributed by atoms with E-state index in [1.54, 1.807) is 24.3 Å². The number of guanidine groups is 1. The van der Waals surface area contributed by atoms with Gasteiger partial charge in [-0.05, 0) is 30.2 Å². The lowest BCUT2D eigenvalue weighted by atomic mass is 9.98. The molecule has 0 saturated carbocycles. The molecular weight excluding hydrogens is 347 g/mol. The van der Waals surface area contributed by atoms with Crippen molar-refractivity contribution >= 4 is 21.9 Å². The first-order valence-electron chi connectivity index (χ1n) is 7.10. The van der Waals surface area contributed by atoms with Gasteiger partial charge in [0.1, 0.15) is 6.67 Å². The van der Waals surface area contributed by atoms with Crippen LogP contribution in [0, 0.1) is 6.92 Å². The number of aryl methyl sites for hydroxylation is 1. The van der Waals surface area contributed by atoms with Crippen LogP contribution in [0.15, 0.2) is 46.3 Å². The summed E-state index contributed by atoms with van der Waals surface area (Å²) in [6.07, 6.45) is 0. The summed E-state index contributed by atoms with van der Waals surface area (Å²) in [5, 5.41) is 5.27. The summed E-state index contributed by atoms with van der Waals surface area (Å²) >= 11 is 0. The van der Waals surface area contributed by atoms with E-state index in [0.29, 0.717) is 5.56 Å². The number of alkyl halides is 1. The molecule has 0 aromatic heterocycles. The molecular formula is C16H17FN4O3S. The number of carbonyl (C=O) groups is 1. The van der Waals surface area contributed by atoms with Crippen molar-refractivity contribution < 1.29 is 17.6 Å². The predicted octanol–water partition coefficient (Wildman–Crippen LogP) is 1.19. The number of benzene rings is 2. The zero-order chi connectivity index (χ0) is 18.8. The molecule has 0 atom stereocenters. The van der Waals surface area contributed by atoms with Crippen molar-refractivity contribution in [3.05, 3.63) is 53.1 Å². The lowest BCUT2D eigenvalue weighted by Crippen LogP contribution is -2.24. The Kier molecular flexibility index (Phi) is 5.19. The largest absolute Gasteiger partial charge is 0.370 e. The molecule has 7 nitrogen and oxygen atoms in total. The highest BCUT2D eigenvalue weighted by molar-refractivity contribution is 7.89. The second kappa shape index (κ2) is 6.99. The maximum absolute atomic E-state index is 13.4. The van der Waals surface area contributed by atoms with E-state index < -0.39 is 28.6 Å². The molecule has 25 heavy (non-hydrogen) atoms. The SMILES string of the molecule is Cc1ccc(-c2cc(CF)c(C(=O)N=C(N)N)cc2S(N)(=O)=O)cc1. The minimum absolute atomic E-state index is 0.0435. The zero-order valence-corrected chi connectivity index (χ0v) is 14.2. The highest BCUT2D eigenvalue weighted by Crippen LogP contribution is 2.31. The first-order chi connectivity index (χ1) is 11.6. The van der Waals surface area contributed by atoms with Gasteiger partial charge < -0.3 is 11.5 Å². The quantitative estimate of drug-likeness (QED) is 0.552. The highest BCUT2D eigenvalue weighted by Gasteiger charge is 2.22. The molecule has 0 heterocycles. The van der Waals surface area contributed by atoms with Crippen molar-refractivity contribution in [2.45, 2.75) is 18.5 Å². The van der Waals surface area contributed by atoms with E-state index in [0.717, 1.165) is 11.6 Å². The van der Waals surface area contributed by atoms with Gasteiger partial charge in [0.2, 0.25) is 10.0 Å². The van der Waals surface area contributed by atoms with E-state index in [-0.39, 0.29) is 21.6 Å². The van der Waals surface area contributed by atoms with Gasteiger partial charge in [-0.2, -0.15) is 4.99 Å². The third-order valence-electron chi connectivity index (χ3n) is 3.48. The van der Waals surface area contributed by atoms with Crippen LogP contribution in [0.4, 0.5) is 4.39 Å². The smallest absolute Gasteiger partial charge is 0.280 e. The van der Waals surface area contributed by atoms with Gasteiger partial charge in [0, 0.05) is 11.1 Å². The van der Waals surface area contributed by atoms with Crippen molar-refractivity contribution in [1.29, 1.82) is 0 Å². The van der Waals surface area contributed by atoms with Crippen molar-refractivity contribution in [3.8, 4) is 11.1 Å². The van der Waals surface area contributed by atoms with Crippen molar-refractivity contribution in [3.63, 3.8) is 0 Å². The molecule has 0 aliphatic carbocycles. The Hall–Kier alpha value is -2.78. The molecule has 2 aromatic rings. The second-order valence-electron chi connectivity index (χ2n) is 5.39. The molecule has 0 aliphatic rings. The summed E-state index contributed by atoms with van der Waals surface area (Å²) < 4.78 is 37.4. The molecule has 1 amide bonds. The maximum Gasteiger partial charge on any atom is 0.280 e. The number of aliphatic imine (C=N–C) groups is 1. The number of primary sulfonamides is 1. The fraction of sp³-hybridized carbons (Fsp3) is 0.125. The minimum Gasteiger partial charge on any atom is -0.370 e. The normalized spacial score (nSPS) is 11.2. The molecule has 132 valence electrons. The van der Waals surface area contributed by atoms with Gasteiger partial charge in [0.15, 0.2) is 5.96 Å². The molecule has 0 spiro atoms. The Morgan fingerprint density at radius 2 is 1.76 bits per heavy atom. The van der Waals surface area contributed by atoms with Crippen LogP contribution in [-0.2, 0) is 16.7 Å². The first kappa shape index (κ1) is 18.6. The Labute approximate surface area is 144 Å². The summed E-state index contributed by atoms with van der Waals surface area (Å²) in [5.41, 5.74) is 11.7. The summed E-state index contributed by atoms with van der Waals surface area (Å²) in [6, 6.07) is 9.16. The minimum atomic E-state index is -4.19. The van der Waals surface area contributed by atoms with Gasteiger partial charge in [-0.15, -0.1) is 0 Å². The number of hydrogen-bond donors (Lipinski definition) is 3. The van der Waals surface area contributed by atoms with Gasteiger partial charge >= 0.3 is 0 Å². The number of halogens is 1. The number of nitrogens with two attached hydrogens (primary N) is 3. The molecule has 0 saturated heterocycles. The lowest BCUT2D eigenvalue weighted by Gasteiger charge is -2.13. The van der Waals surface area contributed by atoms with Crippen LogP contribution in [0.3, 0.4) is 0 Å². The van der Waals surface area contributed by atoms with Crippen LogP contribution >= 0.6 is 0 Å². The molecule has 6 N–H and O–H groups in total. The summed E-state index contributed by atoms with van der Waals surface area (Å²) in [6.45, 7) is 0.860. The van der Waals surface area contributed by atoms with Gasteiger partial charge in [-0.25, -0.2) is 17.9 Å². The molecule has 0 unspecified atom stereocenters. The van der Waals surface area contributed by atoms with E-state index >= 15 is 0 Å².